The number of rotatable bonds is 0. The zero-order valence-corrected chi connectivity index (χ0v) is 11.6. The molecule has 0 aliphatic rings. The van der Waals surface area contributed by atoms with Crippen LogP contribution in [0.5, 0.6) is 5.88 Å². The zero-order chi connectivity index (χ0) is 15.0. The molecule has 22 heavy (non-hydrogen) atoms. The molecule has 0 radical (unpaired) electrons. The van der Waals surface area contributed by atoms with Crippen LogP contribution >= 0.6 is 0 Å². The van der Waals surface area contributed by atoms with Gasteiger partial charge in [-0.25, -0.2) is 4.98 Å². The number of pyridine rings is 2. The van der Waals surface area contributed by atoms with Gasteiger partial charge >= 0.3 is 0 Å². The SMILES string of the molecule is Cn1c(O)c2c(c1=O)c1c3ccc[nH]c3nc1c1[nH]ccn12. The van der Waals surface area contributed by atoms with E-state index < -0.39 is 0 Å². The van der Waals surface area contributed by atoms with Crippen LogP contribution in [0.15, 0.2) is 35.5 Å². The minimum absolute atomic E-state index is 0.0502. The Labute approximate surface area is 122 Å². The first kappa shape index (κ1) is 11.4. The fraction of sp³-hybridized carbons (Fsp3) is 0.0667. The van der Waals surface area contributed by atoms with E-state index in [1.165, 1.54) is 4.57 Å². The van der Waals surface area contributed by atoms with E-state index in [4.69, 9.17) is 0 Å². The Morgan fingerprint density at radius 1 is 1.23 bits per heavy atom. The molecule has 0 saturated carbocycles. The van der Waals surface area contributed by atoms with E-state index in [0.29, 0.717) is 22.1 Å². The maximum Gasteiger partial charge on any atom is 0.263 e. The first-order valence-corrected chi connectivity index (χ1v) is 6.84. The monoisotopic (exact) mass is 293 g/mol. The van der Waals surface area contributed by atoms with Crippen molar-refractivity contribution in [1.29, 1.82) is 0 Å². The highest BCUT2D eigenvalue weighted by Crippen LogP contribution is 2.35. The number of hydrogen-bond acceptors (Lipinski definition) is 3. The van der Waals surface area contributed by atoms with Gasteiger partial charge in [0.1, 0.15) is 22.3 Å². The molecule has 3 N–H and O–H groups in total. The lowest BCUT2D eigenvalue weighted by Crippen LogP contribution is -2.09. The summed E-state index contributed by atoms with van der Waals surface area (Å²) in [5, 5.41) is 12.5. The van der Waals surface area contributed by atoms with Crippen LogP contribution in [0.3, 0.4) is 0 Å². The number of nitrogens with zero attached hydrogens (tertiary/aromatic N) is 3. The van der Waals surface area contributed by atoms with Crippen LogP contribution in [0.4, 0.5) is 0 Å². The van der Waals surface area contributed by atoms with E-state index in [9.17, 15) is 9.90 Å². The van der Waals surface area contributed by atoms with E-state index in [2.05, 4.69) is 15.0 Å². The van der Waals surface area contributed by atoms with Crippen LogP contribution in [-0.4, -0.2) is 29.0 Å². The lowest BCUT2D eigenvalue weighted by molar-refractivity contribution is 0.433. The third-order valence-electron chi connectivity index (χ3n) is 4.25. The maximum atomic E-state index is 12.6. The number of aromatic nitrogens is 5. The number of nitrogens with one attached hydrogen (secondary N) is 2. The third kappa shape index (κ3) is 1.09. The molecule has 0 spiro atoms. The van der Waals surface area contributed by atoms with Gasteiger partial charge in [0.2, 0.25) is 5.88 Å². The second kappa shape index (κ2) is 3.51. The van der Waals surface area contributed by atoms with Crippen molar-refractivity contribution >= 4 is 38.5 Å². The van der Waals surface area contributed by atoms with Gasteiger partial charge in [-0.15, -0.1) is 0 Å². The summed E-state index contributed by atoms with van der Waals surface area (Å²) in [4.78, 5) is 23.5. The summed E-state index contributed by atoms with van der Waals surface area (Å²) in [5.41, 5.74) is 2.43. The molecule has 0 aliphatic heterocycles. The first-order valence-electron chi connectivity index (χ1n) is 6.84. The Morgan fingerprint density at radius 2 is 2.09 bits per heavy atom. The minimum atomic E-state index is -0.230. The standard InChI is InChI=1S/C15H11N5O2/c1-19-14(21)9-8-7-3-2-4-16-12(7)18-10(8)13-17-5-6-20(13)11(9)15(19)22/h2-6,17,22H,1H3,(H,16,18). The van der Waals surface area contributed by atoms with Gasteiger partial charge in [0, 0.05) is 36.4 Å². The van der Waals surface area contributed by atoms with Crippen LogP contribution in [0, 0.1) is 0 Å². The molecule has 0 amide bonds. The summed E-state index contributed by atoms with van der Waals surface area (Å²) < 4.78 is 3.02. The average Bonchev–Trinajstić information content (AvgIpc) is 3.19. The maximum absolute atomic E-state index is 12.6. The fourth-order valence-corrected chi connectivity index (χ4v) is 3.23. The fourth-order valence-electron chi connectivity index (χ4n) is 3.23. The summed E-state index contributed by atoms with van der Waals surface area (Å²) >= 11 is 0. The molecule has 108 valence electrons. The number of fused-ring (bicyclic) bond motifs is 8. The minimum Gasteiger partial charge on any atom is -0.493 e. The number of H-pyrrole nitrogens is 2. The lowest BCUT2D eigenvalue weighted by atomic mass is 10.1. The van der Waals surface area contributed by atoms with Gasteiger partial charge in [0.15, 0.2) is 0 Å². The van der Waals surface area contributed by atoms with Crippen molar-refractivity contribution in [3.63, 3.8) is 0 Å². The van der Waals surface area contributed by atoms with E-state index in [1.807, 2.05) is 12.1 Å². The summed E-state index contributed by atoms with van der Waals surface area (Å²) in [6, 6.07) is 3.79. The molecule has 0 saturated heterocycles. The van der Waals surface area contributed by atoms with Crippen molar-refractivity contribution in [3.8, 4) is 5.88 Å². The molecule has 7 nitrogen and oxygen atoms in total. The molecule has 5 aromatic heterocycles. The van der Waals surface area contributed by atoms with E-state index >= 15 is 0 Å². The van der Waals surface area contributed by atoms with Gasteiger partial charge < -0.3 is 15.1 Å². The zero-order valence-electron chi connectivity index (χ0n) is 11.6. The first-order chi connectivity index (χ1) is 10.7. The predicted molar refractivity (Wildman–Crippen MR) is 83.3 cm³/mol. The number of hydrogen-bond donors (Lipinski definition) is 3. The molecule has 0 aromatic carbocycles. The molecule has 7 heteroatoms. The van der Waals surface area contributed by atoms with Crippen LogP contribution in [0.2, 0.25) is 0 Å². The van der Waals surface area contributed by atoms with Crippen LogP contribution in [-0.2, 0) is 7.05 Å². The van der Waals surface area contributed by atoms with Crippen molar-refractivity contribution in [2.24, 2.45) is 7.05 Å². The third-order valence-corrected chi connectivity index (χ3v) is 4.25. The van der Waals surface area contributed by atoms with Gasteiger partial charge in [-0.3, -0.25) is 13.8 Å². The van der Waals surface area contributed by atoms with Crippen molar-refractivity contribution in [3.05, 3.63) is 41.1 Å². The molecule has 5 rings (SSSR count). The van der Waals surface area contributed by atoms with Gasteiger partial charge in [-0.1, -0.05) is 0 Å². The number of aromatic hydroxyl groups is 1. The van der Waals surface area contributed by atoms with Gasteiger partial charge in [-0.2, -0.15) is 0 Å². The molecule has 0 aliphatic carbocycles. The topological polar surface area (TPSA) is 91.1 Å². The number of aromatic amines is 2. The Bertz CT molecular complexity index is 1270. The lowest BCUT2D eigenvalue weighted by Gasteiger charge is -2.00. The van der Waals surface area contributed by atoms with Gasteiger partial charge in [0.25, 0.3) is 5.56 Å². The molecule has 0 atom stereocenters. The Balaban J connectivity index is 2.32. The number of imidazole rings is 1. The molecule has 0 fully saturated rings. The Morgan fingerprint density at radius 3 is 2.95 bits per heavy atom. The van der Waals surface area contributed by atoms with Gasteiger partial charge in [-0.05, 0) is 12.1 Å². The smallest absolute Gasteiger partial charge is 0.263 e. The van der Waals surface area contributed by atoms with Crippen LogP contribution in [0.25, 0.3) is 38.5 Å². The van der Waals surface area contributed by atoms with E-state index in [0.717, 1.165) is 16.4 Å². The molecule has 0 bridgehead atoms. The molecular weight excluding hydrogens is 282 g/mol. The molecule has 5 heterocycles. The highest BCUT2D eigenvalue weighted by Gasteiger charge is 2.22. The molecule has 0 unspecified atom stereocenters. The molecule has 5 aromatic rings. The van der Waals surface area contributed by atoms with E-state index in [-0.39, 0.29) is 11.4 Å². The quantitative estimate of drug-likeness (QED) is 0.407. The average molecular weight is 293 g/mol. The normalized spacial score (nSPS) is 12.2. The highest BCUT2D eigenvalue weighted by atomic mass is 16.3. The Hall–Kier alpha value is -3.22. The van der Waals surface area contributed by atoms with Crippen LogP contribution in [0.1, 0.15) is 0 Å². The Kier molecular flexibility index (Phi) is 1.82. The van der Waals surface area contributed by atoms with Crippen molar-refractivity contribution in [1.82, 2.24) is 23.9 Å². The largest absolute Gasteiger partial charge is 0.493 e. The van der Waals surface area contributed by atoms with Crippen LogP contribution < -0.4 is 5.56 Å². The van der Waals surface area contributed by atoms with Crippen molar-refractivity contribution < 1.29 is 5.11 Å². The van der Waals surface area contributed by atoms with Crippen molar-refractivity contribution in [2.75, 3.05) is 0 Å². The summed E-state index contributed by atoms with van der Waals surface area (Å²) in [6.07, 6.45) is 5.33. The summed E-state index contributed by atoms with van der Waals surface area (Å²) in [5.74, 6) is -0.0502. The van der Waals surface area contributed by atoms with E-state index in [1.54, 1.807) is 30.0 Å². The molecular formula is C15H11N5O2. The summed E-state index contributed by atoms with van der Waals surface area (Å²) in [7, 11) is 1.56. The highest BCUT2D eigenvalue weighted by molar-refractivity contribution is 6.22. The summed E-state index contributed by atoms with van der Waals surface area (Å²) in [6.45, 7) is 0. The predicted octanol–water partition coefficient (Wildman–Crippen LogP) is 1.85. The second-order valence-electron chi connectivity index (χ2n) is 5.36. The van der Waals surface area contributed by atoms with Crippen molar-refractivity contribution in [2.45, 2.75) is 0 Å². The second-order valence-corrected chi connectivity index (χ2v) is 5.36. The van der Waals surface area contributed by atoms with Gasteiger partial charge in [0.05, 0.1) is 5.39 Å².